The van der Waals surface area contributed by atoms with Crippen molar-refractivity contribution in [2.45, 2.75) is 11.5 Å². The highest BCUT2D eigenvalue weighted by atomic mass is 32.2. The quantitative estimate of drug-likeness (QED) is 0.597. The van der Waals surface area contributed by atoms with Crippen LogP contribution in [0.5, 0.6) is 0 Å². The summed E-state index contributed by atoms with van der Waals surface area (Å²) in [7, 11) is 0. The van der Waals surface area contributed by atoms with Crippen molar-refractivity contribution in [1.29, 1.82) is 0 Å². The van der Waals surface area contributed by atoms with Crippen molar-refractivity contribution < 1.29 is 23.8 Å². The molecule has 0 bridgehead atoms. The Bertz CT molecular complexity index is 898. The zero-order chi connectivity index (χ0) is 20.5. The van der Waals surface area contributed by atoms with Crippen LogP contribution in [0.25, 0.3) is 0 Å². The number of hydrogen-bond donors (Lipinski definition) is 3. The number of hydrogen-bond acceptors (Lipinski definition) is 10. The fourth-order valence-electron chi connectivity index (χ4n) is 3.01. The van der Waals surface area contributed by atoms with Crippen molar-refractivity contribution in [3.8, 4) is 0 Å². The van der Waals surface area contributed by atoms with Gasteiger partial charge in [-0.25, -0.2) is 14.2 Å². The molecule has 3 aliphatic heterocycles. The number of carbonyl (C=O) groups is 2. The van der Waals surface area contributed by atoms with E-state index in [-0.39, 0.29) is 13.2 Å². The number of benzene rings is 1. The van der Waals surface area contributed by atoms with Crippen molar-refractivity contribution in [1.82, 2.24) is 10.4 Å². The molecular formula is C16H18FN7O4S. The largest absolute Gasteiger partial charge is 0.441 e. The van der Waals surface area contributed by atoms with Crippen LogP contribution in [0.15, 0.2) is 28.4 Å². The number of thioether (sulfide) groups is 1. The number of nitrogens with one attached hydrogen (secondary N) is 1. The van der Waals surface area contributed by atoms with E-state index in [2.05, 4.69) is 15.6 Å². The number of ether oxygens (including phenoxy) is 1. The Morgan fingerprint density at radius 2 is 2.28 bits per heavy atom. The van der Waals surface area contributed by atoms with Gasteiger partial charge in [0.2, 0.25) is 5.17 Å². The zero-order valence-corrected chi connectivity index (χ0v) is 15.9. The number of amides is 2. The second-order valence-electron chi connectivity index (χ2n) is 6.41. The number of carbonyl (C=O) groups excluding carboxylic acids is 2. The lowest BCUT2D eigenvalue weighted by molar-refractivity contribution is -0.117. The molecule has 1 fully saturated rings. The summed E-state index contributed by atoms with van der Waals surface area (Å²) in [5.41, 5.74) is 8.52. The predicted molar refractivity (Wildman–Crippen MR) is 105 cm³/mol. The second kappa shape index (κ2) is 7.75. The maximum Gasteiger partial charge on any atom is 0.414 e. The number of hydrazone groups is 2. The van der Waals surface area contributed by atoms with Gasteiger partial charge in [-0.05, 0) is 30.0 Å². The Hall–Kier alpha value is -3.06. The van der Waals surface area contributed by atoms with E-state index in [1.54, 1.807) is 22.0 Å². The molecule has 0 radical (unpaired) electrons. The first kappa shape index (κ1) is 19.3. The van der Waals surface area contributed by atoms with Crippen molar-refractivity contribution in [2.75, 3.05) is 36.0 Å². The van der Waals surface area contributed by atoms with E-state index in [0.29, 0.717) is 29.6 Å². The average Bonchev–Trinajstić information content (AvgIpc) is 3.35. The SMILES string of the molecule is NC(=O)C1NN=C(N2CCN(c3ccc(N4C[C@H](CO)OC4=O)cc3F)C=N2)S1. The van der Waals surface area contributed by atoms with Gasteiger partial charge >= 0.3 is 6.09 Å². The molecular weight excluding hydrogens is 405 g/mol. The van der Waals surface area contributed by atoms with Crippen molar-refractivity contribution in [3.63, 3.8) is 0 Å². The molecule has 13 heteroatoms. The van der Waals surface area contributed by atoms with E-state index >= 15 is 0 Å². The second-order valence-corrected chi connectivity index (χ2v) is 7.48. The van der Waals surface area contributed by atoms with Crippen molar-refractivity contribution in [2.24, 2.45) is 15.9 Å². The number of anilines is 2. The first-order chi connectivity index (χ1) is 14.0. The Balaban J connectivity index is 1.44. The van der Waals surface area contributed by atoms with Gasteiger partial charge in [0.15, 0.2) is 5.37 Å². The summed E-state index contributed by atoms with van der Waals surface area (Å²) in [5.74, 6) is -1.04. The van der Waals surface area contributed by atoms with Crippen LogP contribution >= 0.6 is 11.8 Å². The monoisotopic (exact) mass is 423 g/mol. The topological polar surface area (TPSA) is 136 Å². The molecule has 4 N–H and O–H groups in total. The predicted octanol–water partition coefficient (Wildman–Crippen LogP) is -0.373. The smallest absolute Gasteiger partial charge is 0.414 e. The molecule has 1 saturated heterocycles. The summed E-state index contributed by atoms with van der Waals surface area (Å²) in [6.07, 6.45) is 0.225. The van der Waals surface area contributed by atoms with E-state index in [1.165, 1.54) is 17.3 Å². The molecule has 154 valence electrons. The van der Waals surface area contributed by atoms with Gasteiger partial charge in [-0.3, -0.25) is 15.1 Å². The van der Waals surface area contributed by atoms with Gasteiger partial charge in [0.05, 0.1) is 31.1 Å². The standard InChI is InChI=1S/C16H18FN7O4S/c17-11-5-9(23-6-10(7-25)28-16(23)27)1-2-12(11)22-3-4-24(19-8-22)15-21-20-14(29-15)13(18)26/h1-2,5,8,10,14,20,25H,3-4,6-7H2,(H2,18,26)/t10-,14?/m1/s1. The fraction of sp³-hybridized carbons (Fsp3) is 0.375. The Labute approximate surface area is 168 Å². The number of aliphatic hydroxyl groups is 1. The third kappa shape index (κ3) is 3.78. The number of amidine groups is 1. The minimum absolute atomic E-state index is 0.161. The third-order valence-corrected chi connectivity index (χ3v) is 5.58. The highest BCUT2D eigenvalue weighted by Gasteiger charge is 2.33. The van der Waals surface area contributed by atoms with Crippen LogP contribution < -0.4 is 21.0 Å². The van der Waals surface area contributed by atoms with Gasteiger partial charge in [0.25, 0.3) is 5.91 Å². The van der Waals surface area contributed by atoms with E-state index in [9.17, 15) is 14.0 Å². The first-order valence-corrected chi connectivity index (χ1v) is 9.60. The van der Waals surface area contributed by atoms with Crippen LogP contribution in [0.4, 0.5) is 20.6 Å². The molecule has 0 saturated carbocycles. The summed E-state index contributed by atoms with van der Waals surface area (Å²) >= 11 is 1.16. The number of cyclic esters (lactones) is 1. The highest BCUT2D eigenvalue weighted by Crippen LogP contribution is 2.28. The summed E-state index contributed by atoms with van der Waals surface area (Å²) in [4.78, 5) is 26.0. The van der Waals surface area contributed by atoms with Gasteiger partial charge in [-0.1, -0.05) is 0 Å². The van der Waals surface area contributed by atoms with E-state index in [1.807, 2.05) is 0 Å². The molecule has 0 spiro atoms. The van der Waals surface area contributed by atoms with E-state index in [4.69, 9.17) is 15.6 Å². The number of nitrogens with two attached hydrogens (primary N) is 1. The average molecular weight is 423 g/mol. The molecule has 1 aromatic carbocycles. The number of primary amides is 1. The molecule has 3 heterocycles. The van der Waals surface area contributed by atoms with Gasteiger partial charge < -0.3 is 20.5 Å². The van der Waals surface area contributed by atoms with Crippen LogP contribution in [0.3, 0.4) is 0 Å². The molecule has 1 unspecified atom stereocenters. The normalized spacial score (nSPS) is 23.9. The van der Waals surface area contributed by atoms with Crippen LogP contribution in [0.2, 0.25) is 0 Å². The molecule has 0 aromatic heterocycles. The van der Waals surface area contributed by atoms with Crippen LogP contribution in [-0.2, 0) is 9.53 Å². The fourth-order valence-corrected chi connectivity index (χ4v) is 3.80. The zero-order valence-electron chi connectivity index (χ0n) is 15.1. The Morgan fingerprint density at radius 3 is 2.86 bits per heavy atom. The minimum Gasteiger partial charge on any atom is -0.441 e. The molecule has 11 nitrogen and oxygen atoms in total. The molecule has 4 rings (SSSR count). The lowest BCUT2D eigenvalue weighted by atomic mass is 10.2. The van der Waals surface area contributed by atoms with Gasteiger partial charge in [-0.15, -0.1) is 0 Å². The van der Waals surface area contributed by atoms with E-state index in [0.717, 1.165) is 11.8 Å². The minimum atomic E-state index is -0.633. The lowest BCUT2D eigenvalue weighted by Crippen LogP contribution is -2.40. The summed E-state index contributed by atoms with van der Waals surface area (Å²) in [6.45, 7) is 0.726. The summed E-state index contributed by atoms with van der Waals surface area (Å²) in [6, 6.07) is 4.41. The Morgan fingerprint density at radius 1 is 1.45 bits per heavy atom. The van der Waals surface area contributed by atoms with Gasteiger partial charge in [0.1, 0.15) is 18.3 Å². The lowest BCUT2D eigenvalue weighted by Gasteiger charge is -2.29. The first-order valence-electron chi connectivity index (χ1n) is 8.72. The Kier molecular flexibility index (Phi) is 5.15. The maximum absolute atomic E-state index is 14.7. The number of halogens is 1. The summed E-state index contributed by atoms with van der Waals surface area (Å²) in [5, 5.41) is 18.9. The molecule has 2 atom stereocenters. The third-order valence-electron chi connectivity index (χ3n) is 4.49. The maximum atomic E-state index is 14.7. The van der Waals surface area contributed by atoms with E-state index < -0.39 is 29.3 Å². The molecule has 3 aliphatic rings. The van der Waals surface area contributed by atoms with Crippen LogP contribution in [0, 0.1) is 5.82 Å². The molecule has 2 amide bonds. The molecule has 1 aromatic rings. The molecule has 0 aliphatic carbocycles. The van der Waals surface area contributed by atoms with Gasteiger partial charge in [-0.2, -0.15) is 10.2 Å². The summed E-state index contributed by atoms with van der Waals surface area (Å²) < 4.78 is 19.7. The van der Waals surface area contributed by atoms with Crippen molar-refractivity contribution in [3.05, 3.63) is 24.0 Å². The number of aliphatic hydroxyl groups excluding tert-OH is 1. The molecule has 29 heavy (non-hydrogen) atoms. The van der Waals surface area contributed by atoms with Crippen LogP contribution in [-0.4, -0.2) is 71.3 Å². The van der Waals surface area contributed by atoms with Gasteiger partial charge in [0, 0.05) is 6.54 Å². The number of rotatable bonds is 4. The van der Waals surface area contributed by atoms with Crippen LogP contribution in [0.1, 0.15) is 0 Å². The number of nitrogens with zero attached hydrogens (tertiary/aromatic N) is 5. The highest BCUT2D eigenvalue weighted by molar-refractivity contribution is 8.15. The van der Waals surface area contributed by atoms with Crippen molar-refractivity contribution >= 4 is 46.6 Å².